The monoisotopic (exact) mass is 362 g/mol. The Morgan fingerprint density at radius 1 is 1.42 bits per heavy atom. The molecule has 0 spiro atoms. The van der Waals surface area contributed by atoms with E-state index in [1.165, 1.54) is 0 Å². The summed E-state index contributed by atoms with van der Waals surface area (Å²) in [6, 6.07) is 3.38. The normalized spacial score (nSPS) is 21.0. The lowest BCUT2D eigenvalue weighted by atomic mass is 9.88. The van der Waals surface area contributed by atoms with E-state index in [0.717, 1.165) is 35.1 Å². The second kappa shape index (κ2) is 6.01. The van der Waals surface area contributed by atoms with Crippen molar-refractivity contribution in [3.05, 3.63) is 40.1 Å². The number of likely N-dealkylation sites (N-methyl/N-ethyl adjacent to an activating group) is 1. The molecule has 1 N–H and O–H groups in total. The molecule has 0 atom stereocenters. The first-order valence-electron chi connectivity index (χ1n) is 7.79. The van der Waals surface area contributed by atoms with Crippen LogP contribution in [-0.4, -0.2) is 22.3 Å². The molecule has 1 amide bonds. The molecule has 1 aromatic rings. The third-order valence-electron chi connectivity index (χ3n) is 4.34. The Morgan fingerprint density at radius 3 is 2.71 bits per heavy atom. The maximum Gasteiger partial charge on any atom is 0.263 e. The number of halogens is 1. The van der Waals surface area contributed by atoms with Crippen molar-refractivity contribution >= 4 is 51.5 Å². The fraction of sp³-hybridized carbons (Fsp3) is 0.333. The predicted molar refractivity (Wildman–Crippen MR) is 103 cm³/mol. The summed E-state index contributed by atoms with van der Waals surface area (Å²) in [6.45, 7) is 9.13. The van der Waals surface area contributed by atoms with E-state index < -0.39 is 0 Å². The molecule has 2 aliphatic heterocycles. The van der Waals surface area contributed by atoms with Crippen LogP contribution in [0.25, 0.3) is 11.6 Å². The van der Waals surface area contributed by atoms with Gasteiger partial charge in [0.1, 0.15) is 10.1 Å². The summed E-state index contributed by atoms with van der Waals surface area (Å²) in [5.74, 6) is -0.609. The standard InChI is InChI=1S/C18H19FN2OS2/c1-5-21-14-8-13(19)11(7-15-16(22)20-17(23)24-15)6-12(14)10(2)9-18(21,3)4/h6-9H,5H2,1-4H3,(H,20,22,23)/b15-7-. The van der Waals surface area contributed by atoms with Crippen LogP contribution in [0.5, 0.6) is 0 Å². The zero-order valence-electron chi connectivity index (χ0n) is 14.1. The first-order chi connectivity index (χ1) is 11.2. The second-order valence-electron chi connectivity index (χ2n) is 6.47. The van der Waals surface area contributed by atoms with Crippen molar-refractivity contribution in [2.75, 3.05) is 11.4 Å². The number of hydrogen-bond acceptors (Lipinski definition) is 4. The van der Waals surface area contributed by atoms with Crippen LogP contribution in [0.4, 0.5) is 10.1 Å². The van der Waals surface area contributed by atoms with Crippen LogP contribution in [0.15, 0.2) is 23.1 Å². The van der Waals surface area contributed by atoms with Crippen molar-refractivity contribution in [3.8, 4) is 0 Å². The number of nitrogens with one attached hydrogen (secondary N) is 1. The van der Waals surface area contributed by atoms with E-state index in [1.807, 2.05) is 13.0 Å². The van der Waals surface area contributed by atoms with E-state index in [-0.39, 0.29) is 17.3 Å². The quantitative estimate of drug-likeness (QED) is 0.627. The van der Waals surface area contributed by atoms with Gasteiger partial charge in [-0.05, 0) is 51.5 Å². The van der Waals surface area contributed by atoms with E-state index in [4.69, 9.17) is 12.2 Å². The van der Waals surface area contributed by atoms with E-state index in [1.54, 1.807) is 12.1 Å². The van der Waals surface area contributed by atoms with Crippen molar-refractivity contribution in [3.63, 3.8) is 0 Å². The summed E-state index contributed by atoms with van der Waals surface area (Å²) < 4.78 is 15.1. The topological polar surface area (TPSA) is 32.3 Å². The Bertz CT molecular complexity index is 811. The SMILES string of the molecule is CCN1c2cc(F)c(/C=C3\SC(=S)NC3=O)cc2C(C)=CC1(C)C. The summed E-state index contributed by atoms with van der Waals surface area (Å²) in [5.41, 5.74) is 3.24. The number of thioether (sulfide) groups is 1. The van der Waals surface area contributed by atoms with Crippen LogP contribution in [0.1, 0.15) is 38.8 Å². The number of allylic oxidation sites excluding steroid dienone is 1. The summed E-state index contributed by atoms with van der Waals surface area (Å²) in [4.78, 5) is 14.4. The first-order valence-corrected chi connectivity index (χ1v) is 9.01. The zero-order valence-corrected chi connectivity index (χ0v) is 15.7. The smallest absolute Gasteiger partial charge is 0.263 e. The van der Waals surface area contributed by atoms with Gasteiger partial charge in [0.2, 0.25) is 0 Å². The highest BCUT2D eigenvalue weighted by molar-refractivity contribution is 8.26. The number of carbonyl (C=O) groups excluding carboxylic acids is 1. The lowest BCUT2D eigenvalue weighted by molar-refractivity contribution is -0.115. The van der Waals surface area contributed by atoms with Gasteiger partial charge in [0, 0.05) is 23.4 Å². The lowest BCUT2D eigenvalue weighted by Crippen LogP contribution is -2.45. The Kier molecular flexibility index (Phi) is 4.30. The molecular weight excluding hydrogens is 343 g/mol. The van der Waals surface area contributed by atoms with Gasteiger partial charge in [-0.1, -0.05) is 30.1 Å². The molecule has 0 aliphatic carbocycles. The Hall–Kier alpha value is -1.66. The molecule has 24 heavy (non-hydrogen) atoms. The number of anilines is 1. The molecular formula is C18H19FN2OS2. The van der Waals surface area contributed by atoms with Gasteiger partial charge < -0.3 is 10.2 Å². The Labute approximate surface area is 151 Å². The van der Waals surface area contributed by atoms with Crippen LogP contribution in [0.2, 0.25) is 0 Å². The molecule has 2 heterocycles. The number of amides is 1. The van der Waals surface area contributed by atoms with E-state index in [9.17, 15) is 9.18 Å². The highest BCUT2D eigenvalue weighted by Gasteiger charge is 2.31. The number of carbonyl (C=O) groups is 1. The first kappa shape index (κ1) is 17.2. The van der Waals surface area contributed by atoms with E-state index in [0.29, 0.717) is 14.8 Å². The van der Waals surface area contributed by atoms with Gasteiger partial charge in [-0.25, -0.2) is 4.39 Å². The van der Waals surface area contributed by atoms with Gasteiger partial charge in [0.25, 0.3) is 5.91 Å². The number of benzene rings is 1. The molecule has 0 saturated carbocycles. The summed E-state index contributed by atoms with van der Waals surface area (Å²) >= 11 is 6.14. The molecule has 3 rings (SSSR count). The molecule has 1 fully saturated rings. The lowest BCUT2D eigenvalue weighted by Gasteiger charge is -2.42. The van der Waals surface area contributed by atoms with Crippen molar-refractivity contribution in [2.45, 2.75) is 33.2 Å². The fourth-order valence-electron chi connectivity index (χ4n) is 3.37. The molecule has 126 valence electrons. The third-order valence-corrected chi connectivity index (χ3v) is 5.50. The molecule has 1 aromatic carbocycles. The molecule has 0 bridgehead atoms. The minimum Gasteiger partial charge on any atom is -0.363 e. The zero-order chi connectivity index (χ0) is 17.6. The predicted octanol–water partition coefficient (Wildman–Crippen LogP) is 4.34. The van der Waals surface area contributed by atoms with Gasteiger partial charge >= 0.3 is 0 Å². The van der Waals surface area contributed by atoms with Crippen LogP contribution >= 0.6 is 24.0 Å². The van der Waals surface area contributed by atoms with E-state index >= 15 is 0 Å². The second-order valence-corrected chi connectivity index (χ2v) is 8.19. The van der Waals surface area contributed by atoms with E-state index in [2.05, 4.69) is 37.1 Å². The average Bonchev–Trinajstić information content (AvgIpc) is 2.78. The maximum atomic E-state index is 14.7. The largest absolute Gasteiger partial charge is 0.363 e. The Morgan fingerprint density at radius 2 is 2.12 bits per heavy atom. The number of thiocarbonyl (C=S) groups is 1. The van der Waals surface area contributed by atoms with Gasteiger partial charge in [-0.15, -0.1) is 0 Å². The highest BCUT2D eigenvalue weighted by atomic mass is 32.2. The average molecular weight is 362 g/mol. The van der Waals surface area contributed by atoms with Crippen LogP contribution in [0.3, 0.4) is 0 Å². The van der Waals surface area contributed by atoms with Crippen molar-refractivity contribution < 1.29 is 9.18 Å². The van der Waals surface area contributed by atoms with Gasteiger partial charge in [0.05, 0.1) is 10.4 Å². The summed E-state index contributed by atoms with van der Waals surface area (Å²) in [6.07, 6.45) is 3.76. The summed E-state index contributed by atoms with van der Waals surface area (Å²) in [7, 11) is 0. The van der Waals surface area contributed by atoms with Gasteiger partial charge in [0.15, 0.2) is 0 Å². The molecule has 0 radical (unpaired) electrons. The minimum atomic E-state index is -0.337. The van der Waals surface area contributed by atoms with Crippen LogP contribution in [0, 0.1) is 5.82 Å². The third kappa shape index (κ3) is 2.89. The number of rotatable bonds is 2. The van der Waals surface area contributed by atoms with Crippen LogP contribution in [-0.2, 0) is 4.79 Å². The molecule has 1 saturated heterocycles. The fourth-order valence-corrected chi connectivity index (χ4v) is 4.40. The highest BCUT2D eigenvalue weighted by Crippen LogP contribution is 2.40. The van der Waals surface area contributed by atoms with Gasteiger partial charge in [-0.2, -0.15) is 0 Å². The molecule has 0 aromatic heterocycles. The number of nitrogens with zero attached hydrogens (tertiary/aromatic N) is 1. The van der Waals surface area contributed by atoms with Crippen molar-refractivity contribution in [1.82, 2.24) is 5.32 Å². The minimum absolute atomic E-state index is 0.161. The maximum absolute atomic E-state index is 14.7. The van der Waals surface area contributed by atoms with Crippen molar-refractivity contribution in [2.24, 2.45) is 0 Å². The number of fused-ring (bicyclic) bond motifs is 1. The van der Waals surface area contributed by atoms with Gasteiger partial charge in [-0.3, -0.25) is 4.79 Å². The molecule has 6 heteroatoms. The molecule has 3 nitrogen and oxygen atoms in total. The molecule has 2 aliphatic rings. The van der Waals surface area contributed by atoms with Crippen LogP contribution < -0.4 is 10.2 Å². The molecule has 0 unspecified atom stereocenters. The summed E-state index contributed by atoms with van der Waals surface area (Å²) in [5, 5.41) is 2.55. The Balaban J connectivity index is 2.11. The van der Waals surface area contributed by atoms with Crippen molar-refractivity contribution in [1.29, 1.82) is 0 Å². The number of hydrogen-bond donors (Lipinski definition) is 1.